The highest BCUT2D eigenvalue weighted by atomic mass is 35.5. The van der Waals surface area contributed by atoms with E-state index in [1.54, 1.807) is 41.3 Å². The maximum Gasteiger partial charge on any atom is 0.264 e. The number of likely N-dealkylation sites (N-methyl/N-ethyl adjacent to an activating group) is 1. The number of fused-ring (bicyclic) bond motifs is 2. The van der Waals surface area contributed by atoms with Gasteiger partial charge in [-0.05, 0) is 79.2 Å². The molecule has 0 aromatic heterocycles. The molecule has 0 saturated carbocycles. The normalized spacial score (nSPS) is 16.6. The van der Waals surface area contributed by atoms with Gasteiger partial charge >= 0.3 is 0 Å². The zero-order valence-electron chi connectivity index (χ0n) is 24.4. The third kappa shape index (κ3) is 5.53. The summed E-state index contributed by atoms with van der Waals surface area (Å²) in [7, 11) is -1.16. The number of para-hydroxylation sites is 2. The Balaban J connectivity index is 0.00000423. The van der Waals surface area contributed by atoms with Crippen molar-refractivity contribution < 1.29 is 22.7 Å². The number of aryl methyl sites for hydroxylation is 1. The number of amides is 2. The summed E-state index contributed by atoms with van der Waals surface area (Å²) in [6.45, 7) is 3.37. The smallest absolute Gasteiger partial charge is 0.264 e. The van der Waals surface area contributed by atoms with Crippen molar-refractivity contribution in [3.05, 3.63) is 96.1 Å². The predicted octanol–water partition coefficient (Wildman–Crippen LogP) is 4.40. The average Bonchev–Trinajstić information content (AvgIpc) is 3.12. The fraction of sp³-hybridized carbons (Fsp3) is 0.250. The summed E-state index contributed by atoms with van der Waals surface area (Å²) in [6, 6.07) is 24.9. The van der Waals surface area contributed by atoms with Crippen molar-refractivity contribution in [1.29, 1.82) is 0 Å². The van der Waals surface area contributed by atoms with Gasteiger partial charge in [0.15, 0.2) is 0 Å². The van der Waals surface area contributed by atoms with Crippen molar-refractivity contribution >= 4 is 56.4 Å². The lowest BCUT2D eigenvalue weighted by atomic mass is 9.83. The molecule has 0 saturated heterocycles. The quantitative estimate of drug-likeness (QED) is 0.300. The van der Waals surface area contributed by atoms with Gasteiger partial charge in [0.1, 0.15) is 11.3 Å². The van der Waals surface area contributed by atoms with E-state index in [1.807, 2.05) is 43.3 Å². The number of primary amides is 1. The van der Waals surface area contributed by atoms with E-state index in [0.29, 0.717) is 17.1 Å². The van der Waals surface area contributed by atoms with Crippen LogP contribution in [0.5, 0.6) is 5.75 Å². The number of hydrogen-bond acceptors (Lipinski definition) is 6. The summed E-state index contributed by atoms with van der Waals surface area (Å²) in [5, 5.41) is 4.93. The highest BCUT2D eigenvalue weighted by molar-refractivity contribution is 7.92. The molecule has 4 aromatic carbocycles. The van der Waals surface area contributed by atoms with E-state index in [2.05, 4.69) is 5.32 Å². The van der Waals surface area contributed by atoms with Crippen molar-refractivity contribution in [3.8, 4) is 5.75 Å². The topological polar surface area (TPSA) is 122 Å². The Bertz CT molecular complexity index is 1780. The number of nitrogens with zero attached hydrogens (tertiary/aromatic N) is 2. The number of rotatable bonds is 8. The second-order valence-electron chi connectivity index (χ2n) is 10.6. The maximum absolute atomic E-state index is 14.6. The molecule has 2 amide bonds. The zero-order valence-corrected chi connectivity index (χ0v) is 26.0. The first-order valence-corrected chi connectivity index (χ1v) is 15.0. The Morgan fingerprint density at radius 3 is 2.26 bits per heavy atom. The van der Waals surface area contributed by atoms with E-state index >= 15 is 0 Å². The lowest BCUT2D eigenvalue weighted by molar-refractivity contribution is -0.133. The van der Waals surface area contributed by atoms with Gasteiger partial charge in [-0.2, -0.15) is 0 Å². The summed E-state index contributed by atoms with van der Waals surface area (Å²) in [4.78, 5) is 29.1. The van der Waals surface area contributed by atoms with E-state index in [1.165, 1.54) is 37.5 Å². The van der Waals surface area contributed by atoms with Gasteiger partial charge in [-0.3, -0.25) is 13.9 Å². The van der Waals surface area contributed by atoms with Gasteiger partial charge in [0.25, 0.3) is 10.0 Å². The molecule has 0 radical (unpaired) electrons. The number of hydrogen-bond donors (Lipinski definition) is 2. The van der Waals surface area contributed by atoms with Gasteiger partial charge in [-0.1, -0.05) is 48.5 Å². The number of nitrogens with two attached hydrogens (primary N) is 1. The first kappa shape index (κ1) is 31.8. The molecule has 226 valence electrons. The van der Waals surface area contributed by atoms with Crippen LogP contribution in [0.1, 0.15) is 18.1 Å². The van der Waals surface area contributed by atoms with Crippen LogP contribution in [0, 0.1) is 12.8 Å². The summed E-state index contributed by atoms with van der Waals surface area (Å²) in [6.07, 6.45) is 0. The summed E-state index contributed by atoms with van der Waals surface area (Å²) < 4.78 is 34.9. The number of sulfonamides is 1. The second kappa shape index (κ2) is 12.2. The predicted molar refractivity (Wildman–Crippen MR) is 171 cm³/mol. The molecule has 2 atom stereocenters. The number of carbonyl (C=O) groups is 2. The number of anilines is 2. The fourth-order valence-electron chi connectivity index (χ4n) is 5.53. The molecule has 3 N–H and O–H groups in total. The van der Waals surface area contributed by atoms with Gasteiger partial charge in [-0.25, -0.2) is 8.42 Å². The molecule has 5 rings (SSSR count). The number of methoxy groups -OCH3 is 1. The van der Waals surface area contributed by atoms with E-state index in [0.717, 1.165) is 21.9 Å². The standard InChI is InChI=1S/C32H34N4O5S.ClH/c1-21-13-14-22-9-5-6-10-25(22)26(21)19-35-28-11-7-8-12-29(28)36(20-27(30(35)37)32(2,34-3)31(33)38)42(39,40)24-17-15-23(41-4)16-18-24;/h5-18,27,34H,19-20H2,1-4H3,(H2,33,38);1H/t27-,32?;/m1./s1. The first-order valence-electron chi connectivity index (χ1n) is 13.6. The van der Waals surface area contributed by atoms with Crippen LogP contribution in [0.2, 0.25) is 0 Å². The molecule has 1 aliphatic rings. The molecule has 0 aliphatic carbocycles. The molecule has 0 bridgehead atoms. The van der Waals surface area contributed by atoms with Crippen LogP contribution in [-0.4, -0.2) is 46.5 Å². The number of carbonyl (C=O) groups excluding carboxylic acids is 2. The number of ether oxygens (including phenoxy) is 1. The van der Waals surface area contributed by atoms with Crippen LogP contribution in [-0.2, 0) is 26.2 Å². The number of nitrogens with one attached hydrogen (secondary N) is 1. The van der Waals surface area contributed by atoms with E-state index in [-0.39, 0.29) is 30.4 Å². The number of halogens is 1. The summed E-state index contributed by atoms with van der Waals surface area (Å²) in [5.41, 5.74) is 6.96. The third-order valence-electron chi connectivity index (χ3n) is 8.32. The molecule has 0 spiro atoms. The van der Waals surface area contributed by atoms with Gasteiger partial charge in [0, 0.05) is 6.54 Å². The molecule has 11 heteroatoms. The van der Waals surface area contributed by atoms with Gasteiger partial charge in [-0.15, -0.1) is 12.4 Å². The van der Waals surface area contributed by atoms with Crippen LogP contribution in [0.3, 0.4) is 0 Å². The first-order chi connectivity index (χ1) is 20.0. The Hall–Kier alpha value is -4.12. The summed E-state index contributed by atoms with van der Waals surface area (Å²) in [5.74, 6) is -1.84. The Labute approximate surface area is 258 Å². The molecule has 1 unspecified atom stereocenters. The Morgan fingerprint density at radius 1 is 1.00 bits per heavy atom. The summed E-state index contributed by atoms with van der Waals surface area (Å²) >= 11 is 0. The molecule has 0 fully saturated rings. The minimum absolute atomic E-state index is 0. The monoisotopic (exact) mass is 622 g/mol. The van der Waals surface area contributed by atoms with Crippen LogP contribution < -0.4 is 25.0 Å². The highest BCUT2D eigenvalue weighted by Gasteiger charge is 2.49. The third-order valence-corrected chi connectivity index (χ3v) is 10.1. The Morgan fingerprint density at radius 2 is 1.63 bits per heavy atom. The molecular weight excluding hydrogens is 588 g/mol. The van der Waals surface area contributed by atoms with E-state index in [9.17, 15) is 18.0 Å². The SMILES string of the molecule is CNC(C)(C(N)=O)[C@@H]1CN(S(=O)(=O)c2ccc(OC)cc2)c2ccccc2N(Cc2c(C)ccc3ccccc23)C1=O.Cl. The van der Waals surface area contributed by atoms with Crippen LogP contribution in [0.4, 0.5) is 11.4 Å². The minimum atomic E-state index is -4.19. The fourth-order valence-corrected chi connectivity index (χ4v) is 7.02. The lowest BCUT2D eigenvalue weighted by Gasteiger charge is -2.36. The van der Waals surface area contributed by atoms with Gasteiger partial charge in [0.05, 0.1) is 35.8 Å². The Kier molecular flexibility index (Phi) is 9.05. The van der Waals surface area contributed by atoms with Crippen molar-refractivity contribution in [1.82, 2.24) is 5.32 Å². The minimum Gasteiger partial charge on any atom is -0.497 e. The molecule has 1 aliphatic heterocycles. The molecule has 43 heavy (non-hydrogen) atoms. The molecular formula is C32H35ClN4O5S. The molecule has 1 heterocycles. The maximum atomic E-state index is 14.6. The lowest BCUT2D eigenvalue weighted by Crippen LogP contribution is -2.63. The van der Waals surface area contributed by atoms with E-state index < -0.39 is 33.3 Å². The van der Waals surface area contributed by atoms with Gasteiger partial charge < -0.3 is 20.7 Å². The second-order valence-corrected chi connectivity index (χ2v) is 12.4. The largest absolute Gasteiger partial charge is 0.497 e. The van der Waals surface area contributed by atoms with Gasteiger partial charge in [0.2, 0.25) is 11.8 Å². The van der Waals surface area contributed by atoms with Crippen molar-refractivity contribution in [2.75, 3.05) is 29.9 Å². The highest BCUT2D eigenvalue weighted by Crippen LogP contribution is 2.41. The average molecular weight is 623 g/mol. The number of benzene rings is 4. The van der Waals surface area contributed by atoms with Crippen molar-refractivity contribution in [2.24, 2.45) is 11.7 Å². The van der Waals surface area contributed by atoms with Crippen molar-refractivity contribution in [2.45, 2.75) is 30.8 Å². The van der Waals surface area contributed by atoms with Crippen LogP contribution in [0.15, 0.2) is 89.8 Å². The van der Waals surface area contributed by atoms with Crippen LogP contribution >= 0.6 is 12.4 Å². The van der Waals surface area contributed by atoms with Crippen molar-refractivity contribution in [3.63, 3.8) is 0 Å². The van der Waals surface area contributed by atoms with Crippen LogP contribution in [0.25, 0.3) is 10.8 Å². The molecule has 9 nitrogen and oxygen atoms in total. The zero-order chi connectivity index (χ0) is 30.2. The van der Waals surface area contributed by atoms with E-state index in [4.69, 9.17) is 10.5 Å². The molecule has 4 aromatic rings.